The minimum atomic E-state index is -1.50. The van der Waals surface area contributed by atoms with Crippen molar-refractivity contribution < 1.29 is 9.84 Å². The number of aliphatic hydroxyl groups is 1. The number of aromatic amines is 1. The molecule has 1 atom stereocenters. The van der Waals surface area contributed by atoms with Crippen LogP contribution in [0.25, 0.3) is 11.0 Å². The number of aromatic nitrogens is 2. The summed E-state index contributed by atoms with van der Waals surface area (Å²) in [6, 6.07) is 5.79. The molecule has 2 aromatic rings. The number of aliphatic hydroxyl groups excluding tert-OH is 1. The van der Waals surface area contributed by atoms with E-state index >= 15 is 0 Å². The highest BCUT2D eigenvalue weighted by atomic mass is 28.3. The zero-order valence-electron chi connectivity index (χ0n) is 12.0. The van der Waals surface area contributed by atoms with Crippen molar-refractivity contribution in [1.82, 2.24) is 9.97 Å². The van der Waals surface area contributed by atoms with Gasteiger partial charge in [0, 0.05) is 6.61 Å². The highest BCUT2D eigenvalue weighted by Gasteiger charge is 2.31. The Kier molecular flexibility index (Phi) is 4.08. The number of H-pyrrole nitrogens is 1. The molecule has 5 heteroatoms. The summed E-state index contributed by atoms with van der Waals surface area (Å²) in [5.41, 5.74) is 2.84. The molecular weight excluding hydrogens is 256 g/mol. The molecule has 0 aliphatic carbocycles. The van der Waals surface area contributed by atoms with Gasteiger partial charge >= 0.3 is 0 Å². The Balaban J connectivity index is 2.43. The SMILES string of the molecule is CCOC(c1nc2cc(CO)ccc2[nH]1)[Si](C)(C)C. The van der Waals surface area contributed by atoms with E-state index in [1.54, 1.807) is 0 Å². The van der Waals surface area contributed by atoms with Gasteiger partial charge in [-0.1, -0.05) is 25.7 Å². The maximum absolute atomic E-state index is 9.17. The predicted molar refractivity (Wildman–Crippen MR) is 79.7 cm³/mol. The Morgan fingerprint density at radius 2 is 2.11 bits per heavy atom. The van der Waals surface area contributed by atoms with Gasteiger partial charge in [-0.15, -0.1) is 0 Å². The van der Waals surface area contributed by atoms with Gasteiger partial charge in [0.05, 0.1) is 25.7 Å². The molecule has 1 aromatic heterocycles. The number of nitrogens with zero attached hydrogens (tertiary/aromatic N) is 1. The number of ether oxygens (including phenoxy) is 1. The first kappa shape index (κ1) is 14.2. The molecule has 0 fully saturated rings. The Morgan fingerprint density at radius 1 is 1.37 bits per heavy atom. The Hall–Kier alpha value is -1.17. The Morgan fingerprint density at radius 3 is 2.68 bits per heavy atom. The molecule has 0 aliphatic rings. The van der Waals surface area contributed by atoms with Crippen molar-refractivity contribution in [1.29, 1.82) is 0 Å². The summed E-state index contributed by atoms with van der Waals surface area (Å²) >= 11 is 0. The van der Waals surface area contributed by atoms with Gasteiger partial charge in [-0.25, -0.2) is 4.98 Å². The molecular formula is C14H22N2O2Si. The van der Waals surface area contributed by atoms with Gasteiger partial charge in [-0.05, 0) is 24.6 Å². The normalized spacial score (nSPS) is 13.9. The van der Waals surface area contributed by atoms with Crippen molar-refractivity contribution in [3.05, 3.63) is 29.6 Å². The third-order valence-electron chi connectivity index (χ3n) is 3.12. The molecule has 1 heterocycles. The quantitative estimate of drug-likeness (QED) is 0.827. The lowest BCUT2D eigenvalue weighted by Crippen LogP contribution is -2.33. The number of nitrogens with one attached hydrogen (secondary N) is 1. The van der Waals surface area contributed by atoms with E-state index in [0.29, 0.717) is 6.61 Å². The standard InChI is InChI=1S/C14H22N2O2Si/c1-5-18-14(19(2,3)4)13-15-11-7-6-10(9-17)8-12(11)16-13/h6-8,14,17H,5,9H2,1-4H3,(H,15,16). The largest absolute Gasteiger partial charge is 0.392 e. The first-order valence-electron chi connectivity index (χ1n) is 6.66. The number of imidazole rings is 1. The van der Waals surface area contributed by atoms with Crippen LogP contribution in [0.2, 0.25) is 19.6 Å². The zero-order valence-corrected chi connectivity index (χ0v) is 13.0. The number of fused-ring (bicyclic) bond motifs is 1. The van der Waals surface area contributed by atoms with Crippen LogP contribution in [0.3, 0.4) is 0 Å². The van der Waals surface area contributed by atoms with E-state index < -0.39 is 8.07 Å². The number of hydrogen-bond donors (Lipinski definition) is 2. The molecule has 0 amide bonds. The smallest absolute Gasteiger partial charge is 0.133 e. The highest BCUT2D eigenvalue weighted by molar-refractivity contribution is 6.77. The summed E-state index contributed by atoms with van der Waals surface area (Å²) < 4.78 is 5.90. The lowest BCUT2D eigenvalue weighted by atomic mass is 10.2. The molecule has 2 rings (SSSR count). The molecule has 0 saturated heterocycles. The van der Waals surface area contributed by atoms with Gasteiger partial charge in [-0.2, -0.15) is 0 Å². The van der Waals surface area contributed by atoms with E-state index in [2.05, 4.69) is 29.6 Å². The lowest BCUT2D eigenvalue weighted by Gasteiger charge is -2.26. The van der Waals surface area contributed by atoms with Crippen molar-refractivity contribution in [3.8, 4) is 0 Å². The molecule has 0 bridgehead atoms. The first-order valence-corrected chi connectivity index (χ1v) is 10.2. The van der Waals surface area contributed by atoms with Gasteiger partial charge in [0.2, 0.25) is 0 Å². The summed E-state index contributed by atoms with van der Waals surface area (Å²) in [6.07, 6.45) is 0. The molecule has 0 aliphatic heterocycles. The van der Waals surface area contributed by atoms with Crippen LogP contribution in [-0.4, -0.2) is 29.8 Å². The maximum atomic E-state index is 9.17. The van der Waals surface area contributed by atoms with Crippen LogP contribution < -0.4 is 0 Å². The summed E-state index contributed by atoms with van der Waals surface area (Å²) in [7, 11) is -1.50. The van der Waals surface area contributed by atoms with Crippen LogP contribution in [0.15, 0.2) is 18.2 Å². The molecule has 19 heavy (non-hydrogen) atoms. The lowest BCUT2D eigenvalue weighted by molar-refractivity contribution is 0.107. The Labute approximate surface area is 114 Å². The van der Waals surface area contributed by atoms with Crippen molar-refractivity contribution in [3.63, 3.8) is 0 Å². The van der Waals surface area contributed by atoms with Crippen molar-refractivity contribution in [2.24, 2.45) is 0 Å². The average Bonchev–Trinajstić information content (AvgIpc) is 2.76. The predicted octanol–water partition coefficient (Wildman–Crippen LogP) is 3.01. The Bertz CT molecular complexity index is 560. The molecule has 0 radical (unpaired) electrons. The van der Waals surface area contributed by atoms with Crippen LogP contribution in [0.4, 0.5) is 0 Å². The average molecular weight is 278 g/mol. The summed E-state index contributed by atoms with van der Waals surface area (Å²) in [4.78, 5) is 8.01. The van der Waals surface area contributed by atoms with E-state index in [0.717, 1.165) is 22.4 Å². The third-order valence-corrected chi connectivity index (χ3v) is 5.13. The van der Waals surface area contributed by atoms with Gasteiger partial charge in [-0.3, -0.25) is 0 Å². The molecule has 2 N–H and O–H groups in total. The molecule has 1 unspecified atom stereocenters. The van der Waals surface area contributed by atoms with Crippen LogP contribution >= 0.6 is 0 Å². The molecule has 0 saturated carbocycles. The zero-order chi connectivity index (χ0) is 14.0. The monoisotopic (exact) mass is 278 g/mol. The molecule has 104 valence electrons. The minimum absolute atomic E-state index is 0.0427. The second-order valence-corrected chi connectivity index (χ2v) is 11.1. The summed E-state index contributed by atoms with van der Waals surface area (Å²) in [5, 5.41) is 9.17. The fourth-order valence-corrected chi connectivity index (χ4v) is 3.82. The van der Waals surface area contributed by atoms with Crippen molar-refractivity contribution in [2.45, 2.75) is 38.9 Å². The van der Waals surface area contributed by atoms with Gasteiger partial charge in [0.15, 0.2) is 0 Å². The van der Waals surface area contributed by atoms with Crippen LogP contribution in [0, 0.1) is 0 Å². The number of hydrogen-bond acceptors (Lipinski definition) is 3. The molecule has 4 nitrogen and oxygen atoms in total. The van der Waals surface area contributed by atoms with Crippen molar-refractivity contribution >= 4 is 19.1 Å². The van der Waals surface area contributed by atoms with E-state index in [-0.39, 0.29) is 12.3 Å². The van der Waals surface area contributed by atoms with E-state index in [9.17, 15) is 5.11 Å². The first-order chi connectivity index (χ1) is 8.95. The summed E-state index contributed by atoms with van der Waals surface area (Å²) in [6.45, 7) is 9.58. The highest BCUT2D eigenvalue weighted by Crippen LogP contribution is 2.28. The molecule has 0 spiro atoms. The van der Waals surface area contributed by atoms with E-state index in [1.807, 2.05) is 25.1 Å². The summed E-state index contributed by atoms with van der Waals surface area (Å²) in [5.74, 6) is 0.908. The maximum Gasteiger partial charge on any atom is 0.133 e. The van der Waals surface area contributed by atoms with Crippen LogP contribution in [0.1, 0.15) is 24.0 Å². The van der Waals surface area contributed by atoms with Gasteiger partial charge in [0.1, 0.15) is 11.6 Å². The van der Waals surface area contributed by atoms with Crippen LogP contribution in [0.5, 0.6) is 0 Å². The third kappa shape index (κ3) is 3.05. The van der Waals surface area contributed by atoms with Crippen molar-refractivity contribution in [2.75, 3.05) is 6.61 Å². The second-order valence-electron chi connectivity index (χ2n) is 5.83. The number of rotatable bonds is 5. The topological polar surface area (TPSA) is 58.1 Å². The van der Waals surface area contributed by atoms with Gasteiger partial charge < -0.3 is 14.8 Å². The fraction of sp³-hybridized carbons (Fsp3) is 0.500. The van der Waals surface area contributed by atoms with E-state index in [4.69, 9.17) is 4.74 Å². The van der Waals surface area contributed by atoms with Gasteiger partial charge in [0.25, 0.3) is 0 Å². The number of benzene rings is 1. The fourth-order valence-electron chi connectivity index (χ4n) is 2.20. The second kappa shape index (κ2) is 5.44. The van der Waals surface area contributed by atoms with E-state index in [1.165, 1.54) is 0 Å². The van der Waals surface area contributed by atoms with Crippen LogP contribution in [-0.2, 0) is 11.3 Å². The molecule has 1 aromatic carbocycles. The minimum Gasteiger partial charge on any atom is -0.392 e.